The predicted molar refractivity (Wildman–Crippen MR) is 120 cm³/mol. The van der Waals surface area contributed by atoms with Gasteiger partial charge < -0.3 is 10.6 Å². The molecule has 2 N–H and O–H groups in total. The van der Waals surface area contributed by atoms with E-state index in [2.05, 4.69) is 27.4 Å². The average molecular weight is 433 g/mol. The van der Waals surface area contributed by atoms with Gasteiger partial charge in [-0.15, -0.1) is 0 Å². The zero-order valence-electron chi connectivity index (χ0n) is 18.9. The molecule has 1 saturated heterocycles. The number of hydrogen-bond donors (Lipinski definition) is 2. The number of nitrogens with one attached hydrogen (secondary N) is 2. The number of carbonyl (C=O) groups is 2. The molecule has 2 unspecified atom stereocenters. The number of carbonyl (C=O) groups excluding carboxylic acids is 2. The fourth-order valence-corrected chi connectivity index (χ4v) is 4.59. The molecule has 6 nitrogen and oxygen atoms in total. The van der Waals surface area contributed by atoms with Gasteiger partial charge in [0.15, 0.2) is 0 Å². The van der Waals surface area contributed by atoms with E-state index in [9.17, 15) is 14.0 Å². The maximum absolute atomic E-state index is 13.4. The molecule has 0 aromatic heterocycles. The first kappa shape index (κ1) is 23.7. The number of halogens is 1. The molecule has 2 atom stereocenters. The van der Waals surface area contributed by atoms with Gasteiger partial charge in [-0.3, -0.25) is 19.4 Å². The molecule has 3 rings (SSSR count). The van der Waals surface area contributed by atoms with Crippen LogP contribution in [0.25, 0.3) is 0 Å². The van der Waals surface area contributed by atoms with E-state index in [1.807, 2.05) is 6.92 Å². The molecular weight excluding hydrogens is 395 g/mol. The Labute approximate surface area is 185 Å². The summed E-state index contributed by atoms with van der Waals surface area (Å²) in [6, 6.07) is 6.68. The third-order valence-corrected chi connectivity index (χ3v) is 6.64. The Morgan fingerprint density at radius 2 is 1.48 bits per heavy atom. The lowest BCUT2D eigenvalue weighted by molar-refractivity contribution is -0.125. The van der Waals surface area contributed by atoms with E-state index in [1.54, 1.807) is 12.1 Å². The third kappa shape index (κ3) is 7.28. The van der Waals surface area contributed by atoms with Crippen molar-refractivity contribution in [2.45, 2.75) is 58.0 Å². The van der Waals surface area contributed by atoms with Crippen LogP contribution in [0.3, 0.4) is 0 Å². The van der Waals surface area contributed by atoms with E-state index in [4.69, 9.17) is 0 Å². The summed E-state index contributed by atoms with van der Waals surface area (Å²) in [6.07, 6.45) is 5.49. The highest BCUT2D eigenvalue weighted by Crippen LogP contribution is 2.35. The van der Waals surface area contributed by atoms with E-state index in [-0.39, 0.29) is 29.7 Å². The molecule has 1 aliphatic carbocycles. The average Bonchev–Trinajstić information content (AvgIpc) is 3.28. The summed E-state index contributed by atoms with van der Waals surface area (Å²) in [4.78, 5) is 29.2. The lowest BCUT2D eigenvalue weighted by Crippen LogP contribution is -2.52. The topological polar surface area (TPSA) is 64.7 Å². The molecule has 1 heterocycles. The number of benzene rings is 1. The first-order chi connectivity index (χ1) is 14.9. The highest BCUT2D eigenvalue weighted by Gasteiger charge is 2.29. The molecule has 1 aliphatic heterocycles. The molecule has 0 bridgehead atoms. The summed E-state index contributed by atoms with van der Waals surface area (Å²) in [6.45, 7) is 7.96. The third-order valence-electron chi connectivity index (χ3n) is 6.64. The van der Waals surface area contributed by atoms with Crippen LogP contribution in [-0.2, 0) is 9.59 Å². The van der Waals surface area contributed by atoms with Crippen molar-refractivity contribution in [3.63, 3.8) is 0 Å². The molecule has 7 heteroatoms. The van der Waals surface area contributed by atoms with Gasteiger partial charge in [0.1, 0.15) is 5.82 Å². The van der Waals surface area contributed by atoms with Crippen molar-refractivity contribution < 1.29 is 14.0 Å². The summed E-state index contributed by atoms with van der Waals surface area (Å²) in [7, 11) is 0. The van der Waals surface area contributed by atoms with Crippen molar-refractivity contribution in [3.8, 4) is 0 Å². The minimum Gasteiger partial charge on any atom is -0.353 e. The number of nitrogens with zero attached hydrogens (tertiary/aromatic N) is 2. The van der Waals surface area contributed by atoms with Crippen molar-refractivity contribution in [2.24, 2.45) is 5.92 Å². The monoisotopic (exact) mass is 432 g/mol. The van der Waals surface area contributed by atoms with Crippen LogP contribution < -0.4 is 10.6 Å². The van der Waals surface area contributed by atoms with E-state index in [0.717, 1.165) is 51.0 Å². The fourth-order valence-electron chi connectivity index (χ4n) is 4.59. The van der Waals surface area contributed by atoms with Gasteiger partial charge in [-0.25, -0.2) is 4.39 Å². The zero-order valence-corrected chi connectivity index (χ0v) is 18.9. The van der Waals surface area contributed by atoms with Crippen molar-refractivity contribution in [3.05, 3.63) is 35.6 Å². The molecule has 0 spiro atoms. The molecule has 2 fully saturated rings. The maximum Gasteiger partial charge on any atom is 0.234 e. The number of piperazine rings is 1. The molecule has 1 aromatic rings. The van der Waals surface area contributed by atoms with Crippen LogP contribution in [0.5, 0.6) is 0 Å². The zero-order chi connectivity index (χ0) is 22.2. The lowest BCUT2D eigenvalue weighted by Gasteiger charge is -2.34. The minimum absolute atomic E-state index is 0.0178. The first-order valence-corrected chi connectivity index (χ1v) is 11.7. The van der Waals surface area contributed by atoms with Crippen LogP contribution in [0.2, 0.25) is 0 Å². The van der Waals surface area contributed by atoms with Gasteiger partial charge in [0.05, 0.1) is 19.1 Å². The molecular formula is C24H37FN4O2. The minimum atomic E-state index is -0.254. The van der Waals surface area contributed by atoms with E-state index in [0.29, 0.717) is 19.0 Å². The van der Waals surface area contributed by atoms with Crippen LogP contribution in [0.4, 0.5) is 4.39 Å². The highest BCUT2D eigenvalue weighted by molar-refractivity contribution is 5.79. The second-order valence-corrected chi connectivity index (χ2v) is 9.07. The smallest absolute Gasteiger partial charge is 0.234 e. The summed E-state index contributed by atoms with van der Waals surface area (Å²) < 4.78 is 13.4. The first-order valence-electron chi connectivity index (χ1n) is 11.7. The number of hydrogen-bond acceptors (Lipinski definition) is 4. The highest BCUT2D eigenvalue weighted by atomic mass is 19.1. The van der Waals surface area contributed by atoms with Crippen LogP contribution in [0.15, 0.2) is 24.3 Å². The van der Waals surface area contributed by atoms with Crippen molar-refractivity contribution >= 4 is 11.8 Å². The van der Waals surface area contributed by atoms with Gasteiger partial charge in [-0.05, 0) is 49.8 Å². The lowest BCUT2D eigenvalue weighted by atomic mass is 9.91. The Bertz CT molecular complexity index is 713. The van der Waals surface area contributed by atoms with Gasteiger partial charge in [0.25, 0.3) is 0 Å². The summed E-state index contributed by atoms with van der Waals surface area (Å²) >= 11 is 0. The molecule has 172 valence electrons. The molecule has 1 saturated carbocycles. The summed E-state index contributed by atoms with van der Waals surface area (Å²) in [5, 5.41) is 6.24. The fraction of sp³-hybridized carbons (Fsp3) is 0.667. The Hall–Kier alpha value is -1.99. The Morgan fingerprint density at radius 1 is 0.968 bits per heavy atom. The standard InChI is InChI=1S/C24H37FN4O2/c1-3-18(2)26-22(30)16-28-12-14-29(15-13-28)17-23(31)27-24(19-6-4-5-7-19)20-8-10-21(25)11-9-20/h8-11,18-19,24H,3-7,12-17H2,1-2H3,(H,26,30)(H,27,31). The van der Waals surface area contributed by atoms with Crippen molar-refractivity contribution in [1.82, 2.24) is 20.4 Å². The Kier molecular flexibility index (Phi) is 8.84. The quantitative estimate of drug-likeness (QED) is 0.630. The molecule has 2 amide bonds. The SMILES string of the molecule is CCC(C)NC(=O)CN1CCN(CC(=O)NC(c2ccc(F)cc2)C2CCCC2)CC1. The predicted octanol–water partition coefficient (Wildman–Crippen LogP) is 2.71. The maximum atomic E-state index is 13.4. The van der Waals surface area contributed by atoms with Gasteiger partial charge in [-0.2, -0.15) is 0 Å². The Balaban J connectivity index is 1.47. The van der Waals surface area contributed by atoms with E-state index in [1.165, 1.54) is 25.0 Å². The van der Waals surface area contributed by atoms with Crippen molar-refractivity contribution in [1.29, 1.82) is 0 Å². The summed E-state index contributed by atoms with van der Waals surface area (Å²) in [5.41, 5.74) is 0.985. The number of rotatable bonds is 9. The molecule has 0 radical (unpaired) electrons. The van der Waals surface area contributed by atoms with E-state index >= 15 is 0 Å². The normalized spacial score (nSPS) is 20.4. The molecule has 2 aliphatic rings. The van der Waals surface area contributed by atoms with E-state index < -0.39 is 0 Å². The van der Waals surface area contributed by atoms with Crippen LogP contribution in [0, 0.1) is 11.7 Å². The van der Waals surface area contributed by atoms with Crippen LogP contribution >= 0.6 is 0 Å². The molecule has 1 aromatic carbocycles. The van der Waals surface area contributed by atoms with Crippen molar-refractivity contribution in [2.75, 3.05) is 39.3 Å². The van der Waals surface area contributed by atoms with Crippen LogP contribution in [-0.4, -0.2) is 66.9 Å². The van der Waals surface area contributed by atoms with Gasteiger partial charge in [0.2, 0.25) is 11.8 Å². The van der Waals surface area contributed by atoms with Gasteiger partial charge in [0, 0.05) is 32.2 Å². The number of amides is 2. The Morgan fingerprint density at radius 3 is 2.00 bits per heavy atom. The van der Waals surface area contributed by atoms with Gasteiger partial charge >= 0.3 is 0 Å². The van der Waals surface area contributed by atoms with Gasteiger partial charge in [-0.1, -0.05) is 31.9 Å². The van der Waals surface area contributed by atoms with Crippen LogP contribution in [0.1, 0.15) is 57.6 Å². The second kappa shape index (κ2) is 11.6. The molecule has 31 heavy (non-hydrogen) atoms. The summed E-state index contributed by atoms with van der Waals surface area (Å²) in [5.74, 6) is 0.245. The largest absolute Gasteiger partial charge is 0.353 e. The second-order valence-electron chi connectivity index (χ2n) is 9.07.